The number of piperidine rings is 3. The normalized spacial score (nSPS) is 29.1. The number of aryl methyl sites for hydroxylation is 1. The first kappa shape index (κ1) is 18.0. The zero-order valence-electron chi connectivity index (χ0n) is 16.0. The van der Waals surface area contributed by atoms with Gasteiger partial charge in [0.05, 0.1) is 0 Å². The Morgan fingerprint density at radius 2 is 1.65 bits per heavy atom. The fraction of sp³-hybridized carbons (Fsp3) is 0.682. The van der Waals surface area contributed by atoms with Gasteiger partial charge in [-0.25, -0.2) is 0 Å². The fourth-order valence-corrected chi connectivity index (χ4v) is 5.06. The van der Waals surface area contributed by atoms with Crippen molar-refractivity contribution in [3.63, 3.8) is 0 Å². The number of carbonyl (C=O) groups is 1. The number of carbonyl (C=O) groups excluding carboxylic acids is 1. The van der Waals surface area contributed by atoms with Gasteiger partial charge in [-0.3, -0.25) is 9.69 Å². The average Bonchev–Trinajstić information content (AvgIpc) is 2.73. The van der Waals surface area contributed by atoms with Crippen LogP contribution in [0.2, 0.25) is 0 Å². The van der Waals surface area contributed by atoms with Crippen molar-refractivity contribution in [1.29, 1.82) is 0 Å². The van der Waals surface area contributed by atoms with E-state index in [0.29, 0.717) is 12.3 Å². The Kier molecular flexibility index (Phi) is 5.91. The molecule has 4 aliphatic rings. The van der Waals surface area contributed by atoms with Gasteiger partial charge in [0.2, 0.25) is 5.91 Å². The Bertz CT molecular complexity index is 574. The van der Waals surface area contributed by atoms with E-state index < -0.39 is 0 Å². The Balaban J connectivity index is 1.16. The molecular formula is C22H33N3O. The van der Waals surface area contributed by atoms with Crippen molar-refractivity contribution in [2.24, 2.45) is 5.92 Å². The molecule has 26 heavy (non-hydrogen) atoms. The zero-order valence-corrected chi connectivity index (χ0v) is 16.0. The monoisotopic (exact) mass is 355 g/mol. The highest BCUT2D eigenvalue weighted by Crippen LogP contribution is 2.31. The molecule has 2 bridgehead atoms. The minimum atomic E-state index is 0.367. The predicted molar refractivity (Wildman–Crippen MR) is 105 cm³/mol. The molecule has 0 aliphatic carbocycles. The maximum atomic E-state index is 12.5. The van der Waals surface area contributed by atoms with Crippen molar-refractivity contribution in [2.45, 2.75) is 44.6 Å². The quantitative estimate of drug-likeness (QED) is 0.734. The molecule has 4 nitrogen and oxygen atoms in total. The van der Waals surface area contributed by atoms with Crippen molar-refractivity contribution in [1.82, 2.24) is 14.7 Å². The Labute approximate surface area is 158 Å². The second-order valence-corrected chi connectivity index (χ2v) is 8.31. The van der Waals surface area contributed by atoms with Crippen LogP contribution in [0.1, 0.15) is 37.7 Å². The molecule has 1 aromatic rings. The van der Waals surface area contributed by atoms with Gasteiger partial charge < -0.3 is 9.80 Å². The lowest BCUT2D eigenvalue weighted by Crippen LogP contribution is -2.61. The molecule has 4 saturated heterocycles. The van der Waals surface area contributed by atoms with Gasteiger partial charge in [0.1, 0.15) is 0 Å². The Hall–Kier alpha value is -1.39. The van der Waals surface area contributed by atoms with Crippen molar-refractivity contribution >= 4 is 5.91 Å². The summed E-state index contributed by atoms with van der Waals surface area (Å²) in [7, 11) is 0. The highest BCUT2D eigenvalue weighted by molar-refractivity contribution is 5.76. The molecule has 142 valence electrons. The van der Waals surface area contributed by atoms with Crippen LogP contribution in [0.15, 0.2) is 30.3 Å². The van der Waals surface area contributed by atoms with Crippen LogP contribution < -0.4 is 0 Å². The third-order valence-corrected chi connectivity index (χ3v) is 6.71. The van der Waals surface area contributed by atoms with Gasteiger partial charge in [-0.15, -0.1) is 0 Å². The topological polar surface area (TPSA) is 26.8 Å². The standard InChI is InChI=1S/C22H33N3O/c26-22(9-5-4-8-19-6-2-1-3-7-19)25-16-14-24(15-17-25)21-18-23-12-10-20(21)11-13-23/h1-3,6-7,20-21H,4-5,8-18H2/t21-/m0/s1. The summed E-state index contributed by atoms with van der Waals surface area (Å²) < 4.78 is 0. The van der Waals surface area contributed by atoms with E-state index in [1.807, 2.05) is 0 Å². The molecule has 0 N–H and O–H groups in total. The molecule has 4 heterocycles. The number of amides is 1. The van der Waals surface area contributed by atoms with Gasteiger partial charge in [0.25, 0.3) is 0 Å². The number of hydrogen-bond donors (Lipinski definition) is 0. The van der Waals surface area contributed by atoms with Crippen LogP contribution in [0.4, 0.5) is 0 Å². The van der Waals surface area contributed by atoms with Crippen LogP contribution in [-0.2, 0) is 11.2 Å². The van der Waals surface area contributed by atoms with Crippen molar-refractivity contribution in [3.8, 4) is 0 Å². The van der Waals surface area contributed by atoms with E-state index in [4.69, 9.17) is 0 Å². The highest BCUT2D eigenvalue weighted by atomic mass is 16.2. The number of hydrogen-bond acceptors (Lipinski definition) is 3. The summed E-state index contributed by atoms with van der Waals surface area (Å²) >= 11 is 0. The maximum Gasteiger partial charge on any atom is 0.222 e. The summed E-state index contributed by atoms with van der Waals surface area (Å²) in [5.41, 5.74) is 1.38. The predicted octanol–water partition coefficient (Wildman–Crippen LogP) is 2.64. The van der Waals surface area contributed by atoms with Crippen LogP contribution in [0.5, 0.6) is 0 Å². The lowest BCUT2D eigenvalue weighted by Gasteiger charge is -2.51. The summed E-state index contributed by atoms with van der Waals surface area (Å²) in [6.45, 7) is 7.89. The van der Waals surface area contributed by atoms with E-state index >= 15 is 0 Å². The summed E-state index contributed by atoms with van der Waals surface area (Å²) in [6, 6.07) is 11.3. The number of benzene rings is 1. The highest BCUT2D eigenvalue weighted by Gasteiger charge is 2.38. The van der Waals surface area contributed by atoms with Crippen LogP contribution in [0, 0.1) is 5.92 Å². The molecule has 0 saturated carbocycles. The fourth-order valence-electron chi connectivity index (χ4n) is 5.06. The molecule has 0 unspecified atom stereocenters. The summed E-state index contributed by atoms with van der Waals surface area (Å²) in [5.74, 6) is 1.27. The smallest absolute Gasteiger partial charge is 0.222 e. The van der Waals surface area contributed by atoms with Crippen molar-refractivity contribution in [3.05, 3.63) is 35.9 Å². The number of rotatable bonds is 6. The van der Waals surface area contributed by atoms with E-state index in [0.717, 1.165) is 57.4 Å². The zero-order chi connectivity index (χ0) is 17.8. The number of fused-ring (bicyclic) bond motifs is 3. The second kappa shape index (κ2) is 8.53. The third kappa shape index (κ3) is 4.29. The molecular weight excluding hydrogens is 322 g/mol. The molecule has 0 radical (unpaired) electrons. The van der Waals surface area contributed by atoms with E-state index in [1.165, 1.54) is 38.0 Å². The number of nitrogens with zero attached hydrogens (tertiary/aromatic N) is 3. The van der Waals surface area contributed by atoms with E-state index in [9.17, 15) is 4.79 Å². The molecule has 4 heteroatoms. The molecule has 4 fully saturated rings. The molecule has 1 aromatic carbocycles. The van der Waals surface area contributed by atoms with Gasteiger partial charge in [-0.1, -0.05) is 30.3 Å². The van der Waals surface area contributed by atoms with Crippen molar-refractivity contribution in [2.75, 3.05) is 45.8 Å². The summed E-state index contributed by atoms with van der Waals surface area (Å²) in [5, 5.41) is 0. The Morgan fingerprint density at radius 1 is 0.923 bits per heavy atom. The van der Waals surface area contributed by atoms with E-state index in [1.54, 1.807) is 0 Å². The first-order valence-electron chi connectivity index (χ1n) is 10.6. The summed E-state index contributed by atoms with van der Waals surface area (Å²) in [4.78, 5) is 19.9. The number of piperazine rings is 1. The van der Waals surface area contributed by atoms with Crippen LogP contribution in [0.25, 0.3) is 0 Å². The number of unbranched alkanes of at least 4 members (excludes halogenated alkanes) is 1. The second-order valence-electron chi connectivity index (χ2n) is 8.31. The van der Waals surface area contributed by atoms with E-state index in [2.05, 4.69) is 45.0 Å². The van der Waals surface area contributed by atoms with Gasteiger partial charge in [-0.05, 0) is 56.7 Å². The average molecular weight is 356 g/mol. The molecule has 0 spiro atoms. The third-order valence-electron chi connectivity index (χ3n) is 6.71. The molecule has 1 atom stereocenters. The minimum absolute atomic E-state index is 0.367. The lowest BCUT2D eigenvalue weighted by molar-refractivity contribution is -0.134. The maximum absolute atomic E-state index is 12.5. The van der Waals surface area contributed by atoms with Gasteiger partial charge >= 0.3 is 0 Å². The van der Waals surface area contributed by atoms with Gasteiger partial charge in [0.15, 0.2) is 0 Å². The SMILES string of the molecule is O=C(CCCCc1ccccc1)N1CCN([C@H]2CN3CCC2CC3)CC1. The van der Waals surface area contributed by atoms with E-state index in [-0.39, 0.29) is 0 Å². The molecule has 1 amide bonds. The van der Waals surface area contributed by atoms with Crippen molar-refractivity contribution < 1.29 is 4.79 Å². The molecule has 4 aliphatic heterocycles. The van der Waals surface area contributed by atoms with Crippen LogP contribution in [-0.4, -0.2) is 72.5 Å². The molecule has 0 aromatic heterocycles. The lowest BCUT2D eigenvalue weighted by atomic mass is 9.83. The van der Waals surface area contributed by atoms with Gasteiger partial charge in [-0.2, -0.15) is 0 Å². The first-order chi connectivity index (χ1) is 12.8. The van der Waals surface area contributed by atoms with Crippen LogP contribution >= 0.6 is 0 Å². The summed E-state index contributed by atoms with van der Waals surface area (Å²) in [6.07, 6.45) is 6.67. The first-order valence-corrected chi connectivity index (χ1v) is 10.6. The Morgan fingerprint density at radius 3 is 2.31 bits per heavy atom. The minimum Gasteiger partial charge on any atom is -0.340 e. The van der Waals surface area contributed by atoms with Gasteiger partial charge in [0, 0.05) is 45.2 Å². The largest absolute Gasteiger partial charge is 0.340 e. The molecule has 5 rings (SSSR count). The van der Waals surface area contributed by atoms with Crippen LogP contribution in [0.3, 0.4) is 0 Å².